The number of anilines is 1. The molecule has 3 heterocycles. The molecule has 170 valence electrons. The van der Waals surface area contributed by atoms with Crippen molar-refractivity contribution in [3.05, 3.63) is 76.1 Å². The summed E-state index contributed by atoms with van der Waals surface area (Å²) in [6.07, 6.45) is 2.51. The van der Waals surface area contributed by atoms with Gasteiger partial charge in [-0.2, -0.15) is 0 Å². The van der Waals surface area contributed by atoms with E-state index in [0.717, 1.165) is 18.3 Å². The number of rotatable bonds is 4. The molecule has 2 aliphatic rings. The number of nitrogens with zero attached hydrogens (tertiary/aromatic N) is 5. The first-order valence-electron chi connectivity index (χ1n) is 10.4. The average Bonchev–Trinajstić information content (AvgIpc) is 3.29. The van der Waals surface area contributed by atoms with Gasteiger partial charge in [0.2, 0.25) is 5.95 Å². The zero-order valence-corrected chi connectivity index (χ0v) is 17.9. The van der Waals surface area contributed by atoms with Crippen molar-refractivity contribution >= 4 is 11.9 Å². The normalized spacial score (nSPS) is 21.1. The molecule has 1 amide bonds. The van der Waals surface area contributed by atoms with E-state index in [1.54, 1.807) is 11.9 Å². The van der Waals surface area contributed by atoms with Crippen LogP contribution in [-0.2, 0) is 7.05 Å². The number of hydrogen-bond acceptors (Lipinski definition) is 5. The largest absolute Gasteiger partial charge is 0.342 e. The van der Waals surface area contributed by atoms with Crippen molar-refractivity contribution in [2.75, 3.05) is 25.0 Å². The highest BCUT2D eigenvalue weighted by atomic mass is 19.2. The predicted molar refractivity (Wildman–Crippen MR) is 114 cm³/mol. The summed E-state index contributed by atoms with van der Waals surface area (Å²) in [4.78, 5) is 37.0. The lowest BCUT2D eigenvalue weighted by atomic mass is 10.2. The van der Waals surface area contributed by atoms with Crippen molar-refractivity contribution in [3.63, 3.8) is 0 Å². The Balaban J connectivity index is 1.34. The van der Waals surface area contributed by atoms with Gasteiger partial charge in [0.15, 0.2) is 17.5 Å². The van der Waals surface area contributed by atoms with Gasteiger partial charge >= 0.3 is 0 Å². The Bertz CT molecular complexity index is 1320. The molecule has 3 aromatic rings. The molecule has 7 nitrogen and oxygen atoms in total. The third kappa shape index (κ3) is 3.55. The van der Waals surface area contributed by atoms with Gasteiger partial charge in [0.1, 0.15) is 0 Å². The Labute approximate surface area is 187 Å². The number of likely N-dealkylation sites (tertiary alicyclic amines) is 1. The Morgan fingerprint density at radius 2 is 1.79 bits per heavy atom. The van der Waals surface area contributed by atoms with E-state index < -0.39 is 17.5 Å². The van der Waals surface area contributed by atoms with Crippen LogP contribution in [0.1, 0.15) is 10.4 Å². The van der Waals surface area contributed by atoms with E-state index >= 15 is 0 Å². The molecule has 0 unspecified atom stereocenters. The summed E-state index contributed by atoms with van der Waals surface area (Å²) in [6.45, 7) is 0.925. The molecule has 1 aliphatic heterocycles. The molecule has 3 atom stereocenters. The van der Waals surface area contributed by atoms with Crippen molar-refractivity contribution in [2.24, 2.45) is 18.9 Å². The molecule has 0 bridgehead atoms. The third-order valence-corrected chi connectivity index (χ3v) is 6.52. The van der Waals surface area contributed by atoms with Crippen LogP contribution in [0, 0.1) is 29.3 Å². The van der Waals surface area contributed by atoms with Crippen LogP contribution in [0.5, 0.6) is 0 Å². The van der Waals surface area contributed by atoms with Gasteiger partial charge in [0.25, 0.3) is 11.5 Å². The zero-order chi connectivity index (χ0) is 23.4. The molecule has 1 aromatic carbocycles. The SMILES string of the molecule is CN(c1nc(-c2ccncc2F)cc(=O)n1C)[C@@H]1[C@@H]2CN(C(=O)c3ccc(F)c(F)c3)C[C@@H]21. The van der Waals surface area contributed by atoms with E-state index in [1.807, 2.05) is 11.9 Å². The van der Waals surface area contributed by atoms with Crippen LogP contribution >= 0.6 is 0 Å². The summed E-state index contributed by atoms with van der Waals surface area (Å²) in [7, 11) is 3.42. The minimum absolute atomic E-state index is 0.0506. The van der Waals surface area contributed by atoms with Crippen molar-refractivity contribution in [3.8, 4) is 11.3 Å². The number of pyridine rings is 1. The van der Waals surface area contributed by atoms with Crippen LogP contribution in [0.15, 0.2) is 47.5 Å². The van der Waals surface area contributed by atoms with Crippen LogP contribution in [-0.4, -0.2) is 51.5 Å². The lowest BCUT2D eigenvalue weighted by Crippen LogP contribution is -2.38. The maximum atomic E-state index is 14.2. The first-order valence-corrected chi connectivity index (χ1v) is 10.4. The molecule has 0 N–H and O–H groups in total. The minimum atomic E-state index is -1.06. The van der Waals surface area contributed by atoms with Gasteiger partial charge < -0.3 is 9.80 Å². The monoisotopic (exact) mass is 455 g/mol. The number of amides is 1. The smallest absolute Gasteiger partial charge is 0.255 e. The van der Waals surface area contributed by atoms with E-state index in [1.165, 1.54) is 29.0 Å². The fraction of sp³-hybridized carbons (Fsp3) is 0.304. The second-order valence-electron chi connectivity index (χ2n) is 8.46. The number of aromatic nitrogens is 3. The van der Waals surface area contributed by atoms with E-state index in [-0.39, 0.29) is 46.2 Å². The molecular formula is C23H20F3N5O2. The van der Waals surface area contributed by atoms with Crippen LogP contribution in [0.4, 0.5) is 19.1 Å². The molecule has 5 rings (SSSR count). The summed E-state index contributed by atoms with van der Waals surface area (Å²) in [5, 5.41) is 0. The van der Waals surface area contributed by atoms with Crippen molar-refractivity contribution in [2.45, 2.75) is 6.04 Å². The maximum absolute atomic E-state index is 14.2. The fourth-order valence-corrected chi connectivity index (χ4v) is 4.74. The molecule has 1 saturated heterocycles. The summed E-state index contributed by atoms with van der Waals surface area (Å²) in [6, 6.07) is 5.93. The molecule has 10 heteroatoms. The third-order valence-electron chi connectivity index (χ3n) is 6.52. The van der Waals surface area contributed by atoms with Gasteiger partial charge in [0, 0.05) is 68.5 Å². The second-order valence-corrected chi connectivity index (χ2v) is 8.46. The first kappa shape index (κ1) is 21.2. The molecule has 33 heavy (non-hydrogen) atoms. The lowest BCUT2D eigenvalue weighted by molar-refractivity contribution is 0.0772. The minimum Gasteiger partial charge on any atom is -0.342 e. The topological polar surface area (TPSA) is 71.3 Å². The van der Waals surface area contributed by atoms with Crippen LogP contribution in [0.25, 0.3) is 11.3 Å². The fourth-order valence-electron chi connectivity index (χ4n) is 4.74. The van der Waals surface area contributed by atoms with E-state index in [2.05, 4.69) is 9.97 Å². The highest BCUT2D eigenvalue weighted by Crippen LogP contribution is 2.49. The van der Waals surface area contributed by atoms with Crippen molar-refractivity contribution < 1.29 is 18.0 Å². The number of piperidine rings is 1. The Morgan fingerprint density at radius 3 is 2.45 bits per heavy atom. The summed E-state index contributed by atoms with van der Waals surface area (Å²) in [5.74, 6) is -2.26. The van der Waals surface area contributed by atoms with Crippen LogP contribution < -0.4 is 10.5 Å². The predicted octanol–water partition coefficient (Wildman–Crippen LogP) is 2.47. The van der Waals surface area contributed by atoms with Gasteiger partial charge in [0.05, 0.1) is 11.9 Å². The summed E-state index contributed by atoms with van der Waals surface area (Å²) in [5.41, 5.74) is 0.202. The van der Waals surface area contributed by atoms with E-state index in [9.17, 15) is 22.8 Å². The first-order chi connectivity index (χ1) is 15.8. The van der Waals surface area contributed by atoms with Gasteiger partial charge in [-0.25, -0.2) is 18.2 Å². The molecule has 2 aromatic heterocycles. The number of halogens is 3. The van der Waals surface area contributed by atoms with Gasteiger partial charge in [-0.3, -0.25) is 19.1 Å². The van der Waals surface area contributed by atoms with E-state index in [0.29, 0.717) is 19.0 Å². The highest BCUT2D eigenvalue weighted by molar-refractivity contribution is 5.94. The molecule has 1 aliphatic carbocycles. The number of hydrogen-bond donors (Lipinski definition) is 0. The Hall–Kier alpha value is -3.69. The van der Waals surface area contributed by atoms with Gasteiger partial charge in [-0.1, -0.05) is 0 Å². The Morgan fingerprint density at radius 1 is 1.06 bits per heavy atom. The standard InChI is InChI=1S/C23H20F3N5O2/c1-29-20(32)8-19(13-5-6-27-9-18(13)26)28-23(29)30(2)21-14-10-31(11-15(14)21)22(33)12-3-4-16(24)17(25)7-12/h3-9,14-15,21H,10-11H2,1-2H3/t14-,15+,21-. The number of carbonyl (C=O) groups is 1. The number of carbonyl (C=O) groups excluding carboxylic acids is 1. The number of benzene rings is 1. The maximum Gasteiger partial charge on any atom is 0.255 e. The molecule has 1 saturated carbocycles. The average molecular weight is 455 g/mol. The Kier molecular flexibility index (Phi) is 4.95. The summed E-state index contributed by atoms with van der Waals surface area (Å²) < 4.78 is 42.3. The van der Waals surface area contributed by atoms with Crippen LogP contribution in [0.3, 0.4) is 0 Å². The molecule has 0 radical (unpaired) electrons. The quantitative estimate of drug-likeness (QED) is 0.605. The molecule has 2 fully saturated rings. The molecular weight excluding hydrogens is 435 g/mol. The molecule has 0 spiro atoms. The zero-order valence-electron chi connectivity index (χ0n) is 17.9. The van der Waals surface area contributed by atoms with Crippen molar-refractivity contribution in [1.29, 1.82) is 0 Å². The summed E-state index contributed by atoms with van der Waals surface area (Å²) >= 11 is 0. The second kappa shape index (κ2) is 7.72. The van der Waals surface area contributed by atoms with Crippen LogP contribution in [0.2, 0.25) is 0 Å². The number of fused-ring (bicyclic) bond motifs is 1. The van der Waals surface area contributed by atoms with Gasteiger partial charge in [-0.15, -0.1) is 0 Å². The van der Waals surface area contributed by atoms with Gasteiger partial charge in [-0.05, 0) is 24.3 Å². The van der Waals surface area contributed by atoms with E-state index in [4.69, 9.17) is 0 Å². The highest BCUT2D eigenvalue weighted by Gasteiger charge is 2.59. The van der Waals surface area contributed by atoms with Crippen molar-refractivity contribution in [1.82, 2.24) is 19.4 Å². The lowest BCUT2D eigenvalue weighted by Gasteiger charge is -2.26.